The number of hydrogen-bond donors (Lipinski definition) is 3. The first-order valence-electron chi connectivity index (χ1n) is 14.9. The summed E-state index contributed by atoms with van der Waals surface area (Å²) in [5.41, 5.74) is 6.74. The Bertz CT molecular complexity index is 1620. The Morgan fingerprint density at radius 2 is 1.81 bits per heavy atom. The minimum atomic E-state index is -0.628. The molecule has 1 amide bonds. The molecule has 218 valence electrons. The van der Waals surface area contributed by atoms with Crippen LogP contribution in [0.1, 0.15) is 34.3 Å². The van der Waals surface area contributed by atoms with Crippen LogP contribution < -0.4 is 15.5 Å². The van der Waals surface area contributed by atoms with E-state index in [0.29, 0.717) is 17.9 Å². The van der Waals surface area contributed by atoms with E-state index in [1.165, 1.54) is 0 Å². The fourth-order valence-corrected chi connectivity index (χ4v) is 6.59. The van der Waals surface area contributed by atoms with Gasteiger partial charge in [-0.3, -0.25) is 14.1 Å². The molecule has 0 bridgehead atoms. The number of carbonyl (C=O) groups is 1. The summed E-state index contributed by atoms with van der Waals surface area (Å²) in [6.07, 6.45) is 7.26. The van der Waals surface area contributed by atoms with Crippen LogP contribution in [0.15, 0.2) is 55.0 Å². The van der Waals surface area contributed by atoms with E-state index in [4.69, 9.17) is 0 Å². The van der Waals surface area contributed by atoms with E-state index in [1.54, 1.807) is 0 Å². The average molecular weight is 567 g/mol. The predicted molar refractivity (Wildman–Crippen MR) is 164 cm³/mol. The SMILES string of the molecule is Cc1cccn2c(-c3ccc(Nc4ccc(N5CCC(O)(CN6CCN(C)CC6)CC5)cn4)c4c3CNC4=O)cnc12. The number of rotatable bonds is 6. The Kier molecular flexibility index (Phi) is 6.84. The molecule has 2 fully saturated rings. The van der Waals surface area contributed by atoms with E-state index in [0.717, 1.165) is 98.1 Å². The molecule has 6 heterocycles. The highest BCUT2D eigenvalue weighted by molar-refractivity contribution is 6.06. The molecule has 0 aliphatic carbocycles. The molecule has 2 saturated heterocycles. The van der Waals surface area contributed by atoms with Crippen molar-refractivity contribution in [1.29, 1.82) is 0 Å². The number of aliphatic hydroxyl groups is 1. The molecule has 1 aromatic carbocycles. The maximum Gasteiger partial charge on any atom is 0.254 e. The molecule has 3 N–H and O–H groups in total. The zero-order chi connectivity index (χ0) is 28.8. The van der Waals surface area contributed by atoms with Crippen molar-refractivity contribution in [3.63, 3.8) is 0 Å². The van der Waals surface area contributed by atoms with Gasteiger partial charge in [-0.1, -0.05) is 12.1 Å². The van der Waals surface area contributed by atoms with Gasteiger partial charge in [0.1, 0.15) is 11.5 Å². The second kappa shape index (κ2) is 10.7. The third-order valence-electron chi connectivity index (χ3n) is 9.16. The molecule has 0 atom stereocenters. The lowest BCUT2D eigenvalue weighted by molar-refractivity contribution is -0.0250. The minimum Gasteiger partial charge on any atom is -0.388 e. The number of likely N-dealkylation sites (N-methyl/N-ethyl adjacent to an activating group) is 1. The van der Waals surface area contributed by atoms with Crippen molar-refractivity contribution in [3.8, 4) is 11.3 Å². The number of piperidine rings is 1. The van der Waals surface area contributed by atoms with Gasteiger partial charge in [-0.15, -0.1) is 0 Å². The van der Waals surface area contributed by atoms with Crippen LogP contribution in [0.3, 0.4) is 0 Å². The number of nitrogens with one attached hydrogen (secondary N) is 2. The molecule has 4 aromatic rings. The van der Waals surface area contributed by atoms with Gasteiger partial charge in [-0.05, 0) is 62.2 Å². The number of aromatic nitrogens is 3. The number of amides is 1. The van der Waals surface area contributed by atoms with Gasteiger partial charge in [-0.2, -0.15) is 0 Å². The van der Waals surface area contributed by atoms with Gasteiger partial charge < -0.3 is 25.5 Å². The summed E-state index contributed by atoms with van der Waals surface area (Å²) < 4.78 is 2.08. The first-order valence-corrected chi connectivity index (χ1v) is 14.9. The van der Waals surface area contributed by atoms with E-state index in [9.17, 15) is 9.90 Å². The standard InChI is InChI=1S/C32H38N8O2/c1-22-4-3-11-40-27(20-34-30(22)40)24-6-7-26(29-25(24)19-35-31(29)41)36-28-8-5-23(18-33-28)39-12-9-32(42,10-13-39)21-38-16-14-37(2)15-17-38/h3-8,11,18,20,42H,9-10,12-17,19,21H2,1-2H3,(H,33,36)(H,35,41). The monoisotopic (exact) mass is 566 g/mol. The van der Waals surface area contributed by atoms with E-state index < -0.39 is 5.60 Å². The quantitative estimate of drug-likeness (QED) is 0.327. The molecule has 0 spiro atoms. The summed E-state index contributed by atoms with van der Waals surface area (Å²) in [5, 5.41) is 17.6. The summed E-state index contributed by atoms with van der Waals surface area (Å²) >= 11 is 0. The van der Waals surface area contributed by atoms with E-state index in [1.807, 2.05) is 49.8 Å². The number of carbonyl (C=O) groups excluding carboxylic acids is 1. The molecule has 3 aromatic heterocycles. The lowest BCUT2D eigenvalue weighted by Gasteiger charge is -2.43. The molecular formula is C32H38N8O2. The number of hydrogen-bond acceptors (Lipinski definition) is 8. The summed E-state index contributed by atoms with van der Waals surface area (Å²) in [4.78, 5) is 29.3. The zero-order valence-corrected chi connectivity index (χ0v) is 24.3. The van der Waals surface area contributed by atoms with Gasteiger partial charge in [-0.25, -0.2) is 9.97 Å². The van der Waals surface area contributed by atoms with E-state index in [-0.39, 0.29) is 5.91 Å². The van der Waals surface area contributed by atoms with Gasteiger partial charge in [0.15, 0.2) is 0 Å². The van der Waals surface area contributed by atoms with Gasteiger partial charge in [0.2, 0.25) is 0 Å². The van der Waals surface area contributed by atoms with Crippen molar-refractivity contribution in [1.82, 2.24) is 29.5 Å². The second-order valence-electron chi connectivity index (χ2n) is 12.0. The number of fused-ring (bicyclic) bond motifs is 2. The summed E-state index contributed by atoms with van der Waals surface area (Å²) in [5.74, 6) is 0.593. The maximum absolute atomic E-state index is 12.9. The number of nitrogens with zero attached hydrogens (tertiary/aromatic N) is 6. The van der Waals surface area contributed by atoms with Crippen molar-refractivity contribution in [2.24, 2.45) is 0 Å². The highest BCUT2D eigenvalue weighted by Gasteiger charge is 2.35. The number of piperazine rings is 1. The molecule has 0 saturated carbocycles. The Hall–Kier alpha value is -3.99. The molecule has 3 aliphatic heterocycles. The summed E-state index contributed by atoms with van der Waals surface area (Å²) in [7, 11) is 2.16. The second-order valence-corrected chi connectivity index (χ2v) is 12.0. The predicted octanol–water partition coefficient (Wildman–Crippen LogP) is 3.27. The molecule has 42 heavy (non-hydrogen) atoms. The highest BCUT2D eigenvalue weighted by atomic mass is 16.3. The number of aryl methyl sites for hydroxylation is 1. The maximum atomic E-state index is 12.9. The van der Waals surface area contributed by atoms with Crippen molar-refractivity contribution >= 4 is 28.7 Å². The zero-order valence-electron chi connectivity index (χ0n) is 24.3. The summed E-state index contributed by atoms with van der Waals surface area (Å²) in [6, 6.07) is 12.1. The Labute approximate surface area is 246 Å². The van der Waals surface area contributed by atoms with E-state index in [2.05, 4.69) is 58.9 Å². The average Bonchev–Trinajstić information content (AvgIpc) is 3.61. The molecule has 0 radical (unpaired) electrons. The van der Waals surface area contributed by atoms with Crippen LogP contribution in [0.25, 0.3) is 16.9 Å². The number of β-amino-alcohol motifs (C(OH)–C–C–N with tert-alkyl or cyclic N) is 1. The Morgan fingerprint density at radius 3 is 2.57 bits per heavy atom. The van der Waals surface area contributed by atoms with Crippen LogP contribution in [-0.4, -0.2) is 93.6 Å². The molecule has 3 aliphatic rings. The molecule has 10 heteroatoms. The fourth-order valence-electron chi connectivity index (χ4n) is 6.59. The smallest absolute Gasteiger partial charge is 0.254 e. The topological polar surface area (TPSA) is 101 Å². The third kappa shape index (κ3) is 4.99. The first-order chi connectivity index (χ1) is 20.4. The normalized spacial score (nSPS) is 19.2. The summed E-state index contributed by atoms with van der Waals surface area (Å²) in [6.45, 7) is 9.05. The van der Waals surface area contributed by atoms with Crippen molar-refractivity contribution < 1.29 is 9.90 Å². The number of anilines is 3. The minimum absolute atomic E-state index is 0.0895. The van der Waals surface area contributed by atoms with Crippen LogP contribution in [0.5, 0.6) is 0 Å². The van der Waals surface area contributed by atoms with Crippen LogP contribution in [0.4, 0.5) is 17.2 Å². The molecule has 7 rings (SSSR count). The van der Waals surface area contributed by atoms with Gasteiger partial charge in [0, 0.05) is 64.1 Å². The van der Waals surface area contributed by atoms with Crippen LogP contribution in [0.2, 0.25) is 0 Å². The molecule has 10 nitrogen and oxygen atoms in total. The van der Waals surface area contributed by atoms with Crippen molar-refractivity contribution in [2.75, 3.05) is 63.1 Å². The van der Waals surface area contributed by atoms with Crippen molar-refractivity contribution in [2.45, 2.75) is 31.9 Å². The van der Waals surface area contributed by atoms with Crippen LogP contribution >= 0.6 is 0 Å². The largest absolute Gasteiger partial charge is 0.388 e. The lowest BCUT2D eigenvalue weighted by Crippen LogP contribution is -2.54. The van der Waals surface area contributed by atoms with E-state index >= 15 is 0 Å². The number of pyridine rings is 2. The first kappa shape index (κ1) is 26.9. The molecular weight excluding hydrogens is 528 g/mol. The number of benzene rings is 1. The highest BCUT2D eigenvalue weighted by Crippen LogP contribution is 2.36. The lowest BCUT2D eigenvalue weighted by atomic mass is 9.90. The number of imidazole rings is 1. The van der Waals surface area contributed by atoms with Gasteiger partial charge in [0.25, 0.3) is 5.91 Å². The van der Waals surface area contributed by atoms with Gasteiger partial charge >= 0.3 is 0 Å². The Balaban J connectivity index is 1.05. The Morgan fingerprint density at radius 1 is 1.00 bits per heavy atom. The third-order valence-corrected chi connectivity index (χ3v) is 9.16. The van der Waals surface area contributed by atoms with Crippen molar-refractivity contribution in [3.05, 3.63) is 71.7 Å². The van der Waals surface area contributed by atoms with Gasteiger partial charge in [0.05, 0.1) is 40.6 Å². The fraction of sp³-hybridized carbons (Fsp3) is 0.406. The molecule has 0 unspecified atom stereocenters. The van der Waals surface area contributed by atoms with Crippen LogP contribution in [-0.2, 0) is 6.54 Å². The van der Waals surface area contributed by atoms with Crippen LogP contribution in [0, 0.1) is 6.92 Å².